The number of hydrogen-bond acceptors (Lipinski definition) is 3. The second kappa shape index (κ2) is 6.95. The lowest BCUT2D eigenvalue weighted by molar-refractivity contribution is -0.121. The average Bonchev–Trinajstić information content (AvgIpc) is 2.27. The van der Waals surface area contributed by atoms with Crippen LogP contribution < -0.4 is 5.32 Å². The van der Waals surface area contributed by atoms with E-state index in [1.54, 1.807) is 12.4 Å². The van der Waals surface area contributed by atoms with Crippen molar-refractivity contribution >= 4 is 5.91 Å². The highest BCUT2D eigenvalue weighted by atomic mass is 16.2. The predicted octanol–water partition coefficient (Wildman–Crippen LogP) is 0.901. The van der Waals surface area contributed by atoms with E-state index in [-0.39, 0.29) is 18.6 Å². The molecule has 0 spiro atoms. The van der Waals surface area contributed by atoms with E-state index in [1.807, 2.05) is 19.1 Å². The van der Waals surface area contributed by atoms with E-state index in [0.29, 0.717) is 6.42 Å². The van der Waals surface area contributed by atoms with Crippen LogP contribution in [0.25, 0.3) is 0 Å². The number of aliphatic hydroxyl groups excluding tert-OH is 1. The molecule has 1 rings (SSSR count). The quantitative estimate of drug-likeness (QED) is 0.751. The molecule has 4 heteroatoms. The Hall–Kier alpha value is -1.42. The molecule has 4 nitrogen and oxygen atoms in total. The van der Waals surface area contributed by atoms with Gasteiger partial charge in [-0.05, 0) is 37.5 Å². The van der Waals surface area contributed by atoms with E-state index >= 15 is 0 Å². The van der Waals surface area contributed by atoms with Gasteiger partial charge in [0.1, 0.15) is 0 Å². The minimum Gasteiger partial charge on any atom is -0.396 e. The molecule has 1 atom stereocenters. The van der Waals surface area contributed by atoms with Crippen molar-refractivity contribution in [3.63, 3.8) is 0 Å². The number of carbonyl (C=O) groups excluding carboxylic acids is 1. The zero-order valence-electron chi connectivity index (χ0n) is 9.52. The summed E-state index contributed by atoms with van der Waals surface area (Å²) in [5, 5.41) is 11.6. The Morgan fingerprint density at radius 2 is 2.19 bits per heavy atom. The fourth-order valence-corrected chi connectivity index (χ4v) is 1.48. The summed E-state index contributed by atoms with van der Waals surface area (Å²) in [5.41, 5.74) is 0.960. The van der Waals surface area contributed by atoms with Gasteiger partial charge in [0.2, 0.25) is 5.91 Å². The molecule has 1 aromatic rings. The zero-order chi connectivity index (χ0) is 11.8. The van der Waals surface area contributed by atoms with Crippen LogP contribution in [0.4, 0.5) is 0 Å². The molecule has 0 fully saturated rings. The minimum absolute atomic E-state index is 0.0108. The molecule has 0 aliphatic carbocycles. The fourth-order valence-electron chi connectivity index (χ4n) is 1.48. The van der Waals surface area contributed by atoms with Gasteiger partial charge in [0, 0.05) is 25.0 Å². The Bertz CT molecular complexity index is 314. The monoisotopic (exact) mass is 222 g/mol. The van der Waals surface area contributed by atoms with Crippen LogP contribution in [0.2, 0.25) is 0 Å². The molecular formula is C12H18N2O2. The third kappa shape index (κ3) is 4.89. The lowest BCUT2D eigenvalue weighted by atomic mass is 10.1. The summed E-state index contributed by atoms with van der Waals surface area (Å²) >= 11 is 0. The Morgan fingerprint density at radius 3 is 2.81 bits per heavy atom. The number of nitrogens with zero attached hydrogens (tertiary/aromatic N) is 1. The van der Waals surface area contributed by atoms with Crippen molar-refractivity contribution in [2.45, 2.75) is 32.2 Å². The van der Waals surface area contributed by atoms with Crippen LogP contribution in [0, 0.1) is 0 Å². The van der Waals surface area contributed by atoms with E-state index in [4.69, 9.17) is 5.11 Å². The molecule has 0 radical (unpaired) electrons. The number of nitrogens with one attached hydrogen (secondary N) is 1. The first-order valence-electron chi connectivity index (χ1n) is 5.51. The number of hydrogen-bond donors (Lipinski definition) is 2. The average molecular weight is 222 g/mol. The lowest BCUT2D eigenvalue weighted by Crippen LogP contribution is -2.33. The van der Waals surface area contributed by atoms with E-state index in [9.17, 15) is 4.79 Å². The number of rotatable bonds is 6. The van der Waals surface area contributed by atoms with Crippen molar-refractivity contribution in [1.82, 2.24) is 10.3 Å². The van der Waals surface area contributed by atoms with Crippen molar-refractivity contribution in [3.05, 3.63) is 30.1 Å². The van der Waals surface area contributed by atoms with E-state index in [0.717, 1.165) is 18.4 Å². The molecule has 0 aliphatic heterocycles. The molecule has 1 unspecified atom stereocenters. The first kappa shape index (κ1) is 12.6. The highest BCUT2D eigenvalue weighted by Gasteiger charge is 2.07. The van der Waals surface area contributed by atoms with Gasteiger partial charge in [0.05, 0.1) is 6.42 Å². The zero-order valence-corrected chi connectivity index (χ0v) is 9.52. The topological polar surface area (TPSA) is 62.2 Å². The summed E-state index contributed by atoms with van der Waals surface area (Å²) in [6.45, 7) is 2.12. The molecule has 1 amide bonds. The summed E-state index contributed by atoms with van der Waals surface area (Å²) in [7, 11) is 0. The van der Waals surface area contributed by atoms with Gasteiger partial charge in [0.25, 0.3) is 0 Å². The largest absolute Gasteiger partial charge is 0.396 e. The summed E-state index contributed by atoms with van der Waals surface area (Å²) < 4.78 is 0. The number of aliphatic hydroxyl groups is 1. The van der Waals surface area contributed by atoms with Gasteiger partial charge in [0.15, 0.2) is 0 Å². The number of pyridine rings is 1. The van der Waals surface area contributed by atoms with Crippen LogP contribution >= 0.6 is 0 Å². The SMILES string of the molecule is CC(CCCO)NC(=O)Cc1ccncc1. The van der Waals surface area contributed by atoms with Gasteiger partial charge in [-0.3, -0.25) is 9.78 Å². The summed E-state index contributed by atoms with van der Waals surface area (Å²) in [5.74, 6) is 0.0108. The van der Waals surface area contributed by atoms with Crippen LogP contribution in [-0.4, -0.2) is 28.6 Å². The van der Waals surface area contributed by atoms with Crippen LogP contribution in [0.1, 0.15) is 25.3 Å². The highest BCUT2D eigenvalue weighted by molar-refractivity contribution is 5.78. The molecular weight excluding hydrogens is 204 g/mol. The summed E-state index contributed by atoms with van der Waals surface area (Å²) in [4.78, 5) is 15.5. The van der Waals surface area contributed by atoms with Crippen molar-refractivity contribution in [2.24, 2.45) is 0 Å². The van der Waals surface area contributed by atoms with Gasteiger partial charge in [-0.15, -0.1) is 0 Å². The van der Waals surface area contributed by atoms with Crippen molar-refractivity contribution in [1.29, 1.82) is 0 Å². The van der Waals surface area contributed by atoms with Crippen molar-refractivity contribution in [3.8, 4) is 0 Å². The first-order chi connectivity index (χ1) is 7.72. The summed E-state index contributed by atoms with van der Waals surface area (Å²) in [6.07, 6.45) is 5.26. The van der Waals surface area contributed by atoms with Gasteiger partial charge < -0.3 is 10.4 Å². The third-order valence-electron chi connectivity index (χ3n) is 2.32. The number of carbonyl (C=O) groups is 1. The van der Waals surface area contributed by atoms with Crippen LogP contribution in [0.15, 0.2) is 24.5 Å². The fraction of sp³-hybridized carbons (Fsp3) is 0.500. The lowest BCUT2D eigenvalue weighted by Gasteiger charge is -2.12. The van der Waals surface area contributed by atoms with Gasteiger partial charge in [-0.2, -0.15) is 0 Å². The molecule has 0 bridgehead atoms. The maximum atomic E-state index is 11.6. The molecule has 16 heavy (non-hydrogen) atoms. The summed E-state index contributed by atoms with van der Waals surface area (Å²) in [6, 6.07) is 3.78. The maximum absolute atomic E-state index is 11.6. The predicted molar refractivity (Wildman–Crippen MR) is 61.9 cm³/mol. The second-order valence-corrected chi connectivity index (χ2v) is 3.87. The van der Waals surface area contributed by atoms with Crippen LogP contribution in [0.3, 0.4) is 0 Å². The Morgan fingerprint density at radius 1 is 1.50 bits per heavy atom. The smallest absolute Gasteiger partial charge is 0.224 e. The third-order valence-corrected chi connectivity index (χ3v) is 2.32. The molecule has 88 valence electrons. The van der Waals surface area contributed by atoms with Crippen molar-refractivity contribution in [2.75, 3.05) is 6.61 Å². The first-order valence-corrected chi connectivity index (χ1v) is 5.51. The van der Waals surface area contributed by atoms with Crippen LogP contribution in [-0.2, 0) is 11.2 Å². The van der Waals surface area contributed by atoms with Gasteiger partial charge in [-0.1, -0.05) is 0 Å². The number of aromatic nitrogens is 1. The molecule has 2 N–H and O–H groups in total. The molecule has 1 heterocycles. The maximum Gasteiger partial charge on any atom is 0.224 e. The molecule has 0 aromatic carbocycles. The normalized spacial score (nSPS) is 12.1. The number of amides is 1. The standard InChI is InChI=1S/C12H18N2O2/c1-10(3-2-8-15)14-12(16)9-11-4-6-13-7-5-11/h4-7,10,15H,2-3,8-9H2,1H3,(H,14,16). The van der Waals surface area contributed by atoms with Gasteiger partial charge >= 0.3 is 0 Å². The Balaban J connectivity index is 2.31. The molecule has 0 saturated carbocycles. The van der Waals surface area contributed by atoms with Gasteiger partial charge in [-0.25, -0.2) is 0 Å². The second-order valence-electron chi connectivity index (χ2n) is 3.87. The molecule has 1 aromatic heterocycles. The minimum atomic E-state index is 0.0108. The highest BCUT2D eigenvalue weighted by Crippen LogP contribution is 1.99. The Labute approximate surface area is 95.7 Å². The van der Waals surface area contributed by atoms with E-state index < -0.39 is 0 Å². The van der Waals surface area contributed by atoms with Crippen molar-refractivity contribution < 1.29 is 9.90 Å². The van der Waals surface area contributed by atoms with E-state index in [2.05, 4.69) is 10.3 Å². The molecule has 0 saturated heterocycles. The van der Waals surface area contributed by atoms with E-state index in [1.165, 1.54) is 0 Å². The van der Waals surface area contributed by atoms with Crippen LogP contribution in [0.5, 0.6) is 0 Å². The molecule has 0 aliphatic rings. The Kier molecular flexibility index (Phi) is 5.50.